The van der Waals surface area contributed by atoms with Crippen LogP contribution >= 0.6 is 0 Å². The summed E-state index contributed by atoms with van der Waals surface area (Å²) in [6, 6.07) is -0.915. The maximum Gasteiger partial charge on any atom is 0.220 e. The highest BCUT2D eigenvalue weighted by molar-refractivity contribution is 5.76. The van der Waals surface area contributed by atoms with Crippen molar-refractivity contribution in [1.82, 2.24) is 5.32 Å². The number of ether oxygens (including phenoxy) is 4. The molecule has 0 aromatic carbocycles. The second-order valence-corrected chi connectivity index (χ2v) is 28.5. The van der Waals surface area contributed by atoms with Crippen molar-refractivity contribution in [3.63, 3.8) is 0 Å². The van der Waals surface area contributed by atoms with Crippen molar-refractivity contribution in [1.29, 1.82) is 0 Å². The molecule has 12 atom stereocenters. The van der Waals surface area contributed by atoms with Gasteiger partial charge in [-0.3, -0.25) is 4.79 Å². The van der Waals surface area contributed by atoms with Crippen LogP contribution in [0, 0.1) is 0 Å². The summed E-state index contributed by atoms with van der Waals surface area (Å²) in [4.78, 5) is 13.4. The number of carbonyl (C=O) groups excluding carboxylic acids is 1. The number of hydrogen-bond acceptors (Lipinski definition) is 13. The molecule has 96 heavy (non-hydrogen) atoms. The number of allylic oxidation sites excluding steroid dienone is 9. The minimum absolute atomic E-state index is 0.232. The number of rotatable bonds is 68. The Morgan fingerprint density at radius 3 is 1.10 bits per heavy atom. The molecule has 2 rings (SSSR count). The molecule has 0 aromatic rings. The SMILES string of the molecule is CC/C=C\C/C=C\C/C=C\C/C=C\CCCCCCCCCCCCCCCCCCCCCCCCCCCCC(=O)NC(COC1OC(CO)C(OC2OC(CO)C(O)C(O)C2O)C(O)C1O)C(O)/C=C/CCCCCCCCCCCCCCCCCCCCCCC. The summed E-state index contributed by atoms with van der Waals surface area (Å²) in [5, 5.41) is 87.7. The number of nitrogens with one attached hydrogen (secondary N) is 1. The van der Waals surface area contributed by atoms with E-state index in [1.807, 2.05) is 6.08 Å². The van der Waals surface area contributed by atoms with Crippen molar-refractivity contribution < 1.29 is 64.6 Å². The first kappa shape index (κ1) is 89.8. The average Bonchev–Trinajstić information content (AvgIpc) is 0.806. The number of amides is 1. The van der Waals surface area contributed by atoms with E-state index < -0.39 is 86.8 Å². The molecular weight excluding hydrogens is 1210 g/mol. The van der Waals surface area contributed by atoms with E-state index >= 15 is 0 Å². The number of aliphatic hydroxyl groups is 8. The Labute approximate surface area is 587 Å². The Hall–Kier alpha value is -2.31. The van der Waals surface area contributed by atoms with Crippen molar-refractivity contribution >= 4 is 5.91 Å². The van der Waals surface area contributed by atoms with Crippen LogP contribution in [0.2, 0.25) is 0 Å². The van der Waals surface area contributed by atoms with Gasteiger partial charge in [0.25, 0.3) is 0 Å². The molecule has 14 heteroatoms. The Bertz CT molecular complexity index is 1840. The van der Waals surface area contributed by atoms with Gasteiger partial charge in [-0.05, 0) is 57.8 Å². The molecule has 0 aromatic heterocycles. The van der Waals surface area contributed by atoms with Gasteiger partial charge in [-0.1, -0.05) is 357 Å². The van der Waals surface area contributed by atoms with Gasteiger partial charge in [0.05, 0.1) is 32.0 Å². The van der Waals surface area contributed by atoms with E-state index in [4.69, 9.17) is 18.9 Å². The van der Waals surface area contributed by atoms with Gasteiger partial charge in [0, 0.05) is 6.42 Å². The molecule has 2 saturated heterocycles. The van der Waals surface area contributed by atoms with Gasteiger partial charge in [-0.2, -0.15) is 0 Å². The van der Waals surface area contributed by atoms with E-state index in [9.17, 15) is 45.6 Å². The average molecular weight is 1360 g/mol. The lowest BCUT2D eigenvalue weighted by Gasteiger charge is -2.46. The topological polar surface area (TPSA) is 228 Å². The van der Waals surface area contributed by atoms with E-state index in [2.05, 4.69) is 67.8 Å². The Kier molecular flexibility index (Phi) is 61.7. The van der Waals surface area contributed by atoms with Gasteiger partial charge in [0.15, 0.2) is 12.6 Å². The first-order valence-corrected chi connectivity index (χ1v) is 40.5. The predicted molar refractivity (Wildman–Crippen MR) is 397 cm³/mol. The molecule has 9 N–H and O–H groups in total. The van der Waals surface area contributed by atoms with E-state index in [1.54, 1.807) is 6.08 Å². The first-order chi connectivity index (χ1) is 47.1. The highest BCUT2D eigenvalue weighted by atomic mass is 16.7. The quantitative estimate of drug-likeness (QED) is 0.0204. The van der Waals surface area contributed by atoms with E-state index in [1.165, 1.54) is 270 Å². The van der Waals surface area contributed by atoms with Crippen LogP contribution in [-0.4, -0.2) is 140 Å². The molecular formula is C82H151NO13. The first-order valence-electron chi connectivity index (χ1n) is 40.5. The smallest absolute Gasteiger partial charge is 0.220 e. The van der Waals surface area contributed by atoms with Gasteiger partial charge < -0.3 is 65.1 Å². The minimum Gasteiger partial charge on any atom is -0.394 e. The summed E-state index contributed by atoms with van der Waals surface area (Å²) in [6.45, 7) is 2.74. The zero-order valence-corrected chi connectivity index (χ0v) is 61.6. The second-order valence-electron chi connectivity index (χ2n) is 28.5. The summed E-state index contributed by atoms with van der Waals surface area (Å²) < 4.78 is 22.9. The molecule has 2 aliphatic rings. The minimum atomic E-state index is -1.79. The lowest BCUT2D eigenvalue weighted by Crippen LogP contribution is -2.65. The summed E-state index contributed by atoms with van der Waals surface area (Å²) in [5.41, 5.74) is 0. The predicted octanol–water partition coefficient (Wildman–Crippen LogP) is 18.4. The molecule has 0 radical (unpaired) electrons. The van der Waals surface area contributed by atoms with Crippen molar-refractivity contribution in [2.45, 2.75) is 434 Å². The maximum atomic E-state index is 13.4. The zero-order valence-electron chi connectivity index (χ0n) is 61.6. The van der Waals surface area contributed by atoms with Gasteiger partial charge in [-0.15, -0.1) is 0 Å². The van der Waals surface area contributed by atoms with Crippen molar-refractivity contribution in [3.05, 3.63) is 60.8 Å². The van der Waals surface area contributed by atoms with Gasteiger partial charge >= 0.3 is 0 Å². The van der Waals surface area contributed by atoms with E-state index in [-0.39, 0.29) is 18.9 Å². The van der Waals surface area contributed by atoms with Crippen molar-refractivity contribution in [2.24, 2.45) is 0 Å². The lowest BCUT2D eigenvalue weighted by molar-refractivity contribution is -0.359. The largest absolute Gasteiger partial charge is 0.394 e. The van der Waals surface area contributed by atoms with E-state index in [0.29, 0.717) is 6.42 Å². The number of aliphatic hydroxyl groups excluding tert-OH is 8. The summed E-state index contributed by atoms with van der Waals surface area (Å²) in [6.07, 6.45) is 73.1. The van der Waals surface area contributed by atoms with Gasteiger partial charge in [0.1, 0.15) is 48.8 Å². The number of carbonyl (C=O) groups is 1. The summed E-state index contributed by atoms with van der Waals surface area (Å²) in [5.74, 6) is -0.232. The monoisotopic (exact) mass is 1360 g/mol. The summed E-state index contributed by atoms with van der Waals surface area (Å²) in [7, 11) is 0. The summed E-state index contributed by atoms with van der Waals surface area (Å²) >= 11 is 0. The van der Waals surface area contributed by atoms with Gasteiger partial charge in [-0.25, -0.2) is 0 Å². The van der Waals surface area contributed by atoms with Gasteiger partial charge in [0.2, 0.25) is 5.91 Å². The molecule has 2 fully saturated rings. The third-order valence-electron chi connectivity index (χ3n) is 19.7. The molecule has 1 amide bonds. The molecule has 562 valence electrons. The molecule has 0 aliphatic carbocycles. The molecule has 0 bridgehead atoms. The zero-order chi connectivity index (χ0) is 69.4. The van der Waals surface area contributed by atoms with Crippen LogP contribution in [0.15, 0.2) is 60.8 Å². The molecule has 0 saturated carbocycles. The van der Waals surface area contributed by atoms with Crippen LogP contribution in [0.25, 0.3) is 0 Å². The third-order valence-corrected chi connectivity index (χ3v) is 19.7. The fourth-order valence-corrected chi connectivity index (χ4v) is 13.3. The molecule has 0 spiro atoms. The normalized spacial score (nSPS) is 22.5. The Morgan fingerprint density at radius 2 is 0.719 bits per heavy atom. The Balaban J connectivity index is 1.57. The highest BCUT2D eigenvalue weighted by Crippen LogP contribution is 2.30. The number of hydrogen-bond donors (Lipinski definition) is 9. The Morgan fingerprint density at radius 1 is 0.385 bits per heavy atom. The molecule has 12 unspecified atom stereocenters. The maximum absolute atomic E-state index is 13.4. The third kappa shape index (κ3) is 48.5. The highest BCUT2D eigenvalue weighted by Gasteiger charge is 2.51. The van der Waals surface area contributed by atoms with Crippen LogP contribution in [0.3, 0.4) is 0 Å². The second kappa shape index (κ2) is 66.0. The van der Waals surface area contributed by atoms with Crippen LogP contribution in [0.4, 0.5) is 0 Å². The number of unbranched alkanes of at least 4 members (excludes halogenated alkanes) is 47. The van der Waals surface area contributed by atoms with Crippen LogP contribution in [-0.2, 0) is 23.7 Å². The fraction of sp³-hybridized carbons (Fsp3) is 0.866. The van der Waals surface area contributed by atoms with Crippen molar-refractivity contribution in [3.8, 4) is 0 Å². The molecule has 2 aliphatic heterocycles. The standard InChI is InChI=1S/C82H151NO13/c1-3-5-7-9-11-13-15-17-19-21-23-25-27-28-29-30-31-32-33-34-35-36-37-38-39-40-41-42-44-46-48-50-52-54-56-58-60-62-64-66-74(87)83-70(69-93-81-79(92)77(90)80(73(68-85)95-81)96-82-78(91)76(89)75(88)72(67-84)94-82)71(86)65-63-61-59-57-55-53-51-49-47-45-43-26-24-22-20-18-16-14-12-10-8-6-4-2/h5,7,11,13,17,19,23,25,63,65,70-73,75-82,84-86,88-92H,3-4,6,8-10,12,14-16,18,20-22,24,26-62,64,66-69H2,1-2H3,(H,83,87)/b7-5-,13-11-,19-17-,25-23-,65-63+. The van der Waals surface area contributed by atoms with Crippen LogP contribution in [0.1, 0.15) is 361 Å². The van der Waals surface area contributed by atoms with Crippen molar-refractivity contribution in [2.75, 3.05) is 19.8 Å². The lowest BCUT2D eigenvalue weighted by atomic mass is 9.97. The van der Waals surface area contributed by atoms with E-state index in [0.717, 1.165) is 64.2 Å². The molecule has 2 heterocycles. The molecule has 14 nitrogen and oxygen atoms in total. The fourth-order valence-electron chi connectivity index (χ4n) is 13.3. The van der Waals surface area contributed by atoms with Crippen LogP contribution < -0.4 is 5.32 Å². The van der Waals surface area contributed by atoms with Crippen LogP contribution in [0.5, 0.6) is 0 Å².